The van der Waals surface area contributed by atoms with Crippen LogP contribution in [-0.4, -0.2) is 23.6 Å². The smallest absolute Gasteiger partial charge is 0.270 e. The molecule has 148 valence electrons. The number of hydrogen-bond acceptors (Lipinski definition) is 6. The number of furan rings is 1. The van der Waals surface area contributed by atoms with E-state index in [9.17, 15) is 14.9 Å². The fraction of sp³-hybridized carbons (Fsp3) is 0.100. The number of hydrogen-bond donors (Lipinski definition) is 2. The summed E-state index contributed by atoms with van der Waals surface area (Å²) in [5, 5.41) is 17.8. The minimum absolute atomic E-state index is 0.0113. The van der Waals surface area contributed by atoms with Gasteiger partial charge in [-0.15, -0.1) is 0 Å². The second kappa shape index (κ2) is 9.16. The molecular weight excluding hydrogens is 440 g/mol. The Morgan fingerprint density at radius 2 is 1.97 bits per heavy atom. The van der Waals surface area contributed by atoms with E-state index in [0.29, 0.717) is 17.1 Å². The first-order chi connectivity index (χ1) is 13.9. The second-order valence-corrected chi connectivity index (χ2v) is 7.03. The lowest BCUT2D eigenvalue weighted by molar-refractivity contribution is -0.384. The van der Waals surface area contributed by atoms with Gasteiger partial charge < -0.3 is 9.73 Å². The van der Waals surface area contributed by atoms with Gasteiger partial charge >= 0.3 is 0 Å². The minimum Gasteiger partial charge on any atom is -0.455 e. The van der Waals surface area contributed by atoms with Crippen LogP contribution in [-0.2, 0) is 4.79 Å². The molecule has 0 aliphatic carbocycles. The van der Waals surface area contributed by atoms with Gasteiger partial charge in [-0.3, -0.25) is 14.9 Å². The number of carbonyl (C=O) groups is 1. The van der Waals surface area contributed by atoms with E-state index in [-0.39, 0.29) is 18.1 Å². The van der Waals surface area contributed by atoms with E-state index >= 15 is 0 Å². The van der Waals surface area contributed by atoms with Crippen LogP contribution in [0.5, 0.6) is 0 Å². The molecule has 29 heavy (non-hydrogen) atoms. The number of nitrogens with zero attached hydrogens (tertiary/aromatic N) is 2. The number of nitro groups is 1. The van der Waals surface area contributed by atoms with Gasteiger partial charge in [0.2, 0.25) is 0 Å². The van der Waals surface area contributed by atoms with Crippen LogP contribution in [0.2, 0.25) is 0 Å². The quantitative estimate of drug-likeness (QED) is 0.309. The van der Waals surface area contributed by atoms with E-state index in [4.69, 9.17) is 4.42 Å². The standard InChI is InChI=1S/C20H17BrN4O4/c1-13-2-7-16(25(27)28)10-18(13)19-9-8-17(29-19)11-23-24-20(26)12-22-15-5-3-14(21)4-6-15/h2-11,22H,12H2,1H3,(H,24,26)/b23-11-. The van der Waals surface area contributed by atoms with Crippen molar-refractivity contribution in [2.45, 2.75) is 6.92 Å². The number of amides is 1. The fourth-order valence-corrected chi connectivity index (χ4v) is 2.78. The molecule has 1 amide bonds. The third kappa shape index (κ3) is 5.52. The molecule has 9 heteroatoms. The maximum absolute atomic E-state index is 11.9. The number of non-ortho nitro benzene ring substituents is 1. The van der Waals surface area contributed by atoms with Crippen LogP contribution >= 0.6 is 15.9 Å². The number of aryl methyl sites for hydroxylation is 1. The lowest BCUT2D eigenvalue weighted by Gasteiger charge is -2.04. The Kier molecular flexibility index (Phi) is 6.40. The third-order valence-electron chi connectivity index (χ3n) is 4.00. The molecule has 0 bridgehead atoms. The van der Waals surface area contributed by atoms with Crippen molar-refractivity contribution in [3.05, 3.63) is 80.5 Å². The van der Waals surface area contributed by atoms with Crippen LogP contribution in [0.4, 0.5) is 11.4 Å². The number of rotatable bonds is 7. The highest BCUT2D eigenvalue weighted by Gasteiger charge is 2.13. The number of nitro benzene ring substituents is 1. The monoisotopic (exact) mass is 456 g/mol. The minimum atomic E-state index is -0.452. The zero-order valence-electron chi connectivity index (χ0n) is 15.4. The number of hydrazone groups is 1. The topological polar surface area (TPSA) is 110 Å². The van der Waals surface area contributed by atoms with Gasteiger partial charge in [-0.2, -0.15) is 5.10 Å². The van der Waals surface area contributed by atoms with Crippen molar-refractivity contribution >= 4 is 39.4 Å². The molecule has 1 aromatic heterocycles. The van der Waals surface area contributed by atoms with Gasteiger partial charge in [0.1, 0.15) is 11.5 Å². The van der Waals surface area contributed by atoms with E-state index in [0.717, 1.165) is 15.7 Å². The number of halogens is 1. The summed E-state index contributed by atoms with van der Waals surface area (Å²) in [5.41, 5.74) is 4.68. The van der Waals surface area contributed by atoms with Gasteiger partial charge in [0.25, 0.3) is 11.6 Å². The molecule has 0 spiro atoms. The van der Waals surface area contributed by atoms with Crippen molar-refractivity contribution in [3.8, 4) is 11.3 Å². The van der Waals surface area contributed by atoms with Gasteiger partial charge in [-0.25, -0.2) is 5.43 Å². The average Bonchev–Trinajstić information content (AvgIpc) is 3.16. The van der Waals surface area contributed by atoms with Gasteiger partial charge in [0.15, 0.2) is 0 Å². The SMILES string of the molecule is Cc1ccc([N+](=O)[O-])cc1-c1ccc(/C=N\NC(=O)CNc2ccc(Br)cc2)o1. The third-order valence-corrected chi connectivity index (χ3v) is 4.53. The van der Waals surface area contributed by atoms with E-state index in [1.165, 1.54) is 18.3 Å². The molecule has 2 aromatic carbocycles. The van der Waals surface area contributed by atoms with Crippen molar-refractivity contribution in [1.29, 1.82) is 0 Å². The highest BCUT2D eigenvalue weighted by molar-refractivity contribution is 9.10. The first-order valence-electron chi connectivity index (χ1n) is 8.59. The van der Waals surface area contributed by atoms with Crippen molar-refractivity contribution in [2.75, 3.05) is 11.9 Å². The largest absolute Gasteiger partial charge is 0.455 e. The molecular formula is C20H17BrN4O4. The first kappa shape index (κ1) is 20.3. The molecule has 0 unspecified atom stereocenters. The highest BCUT2D eigenvalue weighted by Crippen LogP contribution is 2.28. The predicted octanol–water partition coefficient (Wildman–Crippen LogP) is 4.49. The summed E-state index contributed by atoms with van der Waals surface area (Å²) in [5.74, 6) is 0.577. The Labute approximate surface area is 174 Å². The van der Waals surface area contributed by atoms with Crippen molar-refractivity contribution in [2.24, 2.45) is 5.10 Å². The Bertz CT molecular complexity index is 1060. The fourth-order valence-electron chi connectivity index (χ4n) is 2.51. The van der Waals surface area contributed by atoms with Gasteiger partial charge in [-0.1, -0.05) is 22.0 Å². The summed E-state index contributed by atoms with van der Waals surface area (Å²) >= 11 is 3.35. The molecule has 0 fully saturated rings. The zero-order chi connectivity index (χ0) is 20.8. The molecule has 8 nitrogen and oxygen atoms in total. The molecule has 2 N–H and O–H groups in total. The molecule has 0 atom stereocenters. The molecule has 3 rings (SSSR count). The van der Waals surface area contributed by atoms with E-state index in [1.807, 2.05) is 31.2 Å². The predicted molar refractivity (Wildman–Crippen MR) is 114 cm³/mol. The van der Waals surface area contributed by atoms with Gasteiger partial charge in [-0.05, 0) is 48.9 Å². The molecule has 3 aromatic rings. The lowest BCUT2D eigenvalue weighted by atomic mass is 10.1. The van der Waals surface area contributed by atoms with Crippen LogP contribution in [0, 0.1) is 17.0 Å². The summed E-state index contributed by atoms with van der Waals surface area (Å²) < 4.78 is 6.62. The summed E-state index contributed by atoms with van der Waals surface area (Å²) in [6.45, 7) is 1.91. The molecule has 0 aliphatic heterocycles. The highest BCUT2D eigenvalue weighted by atomic mass is 79.9. The Hall–Kier alpha value is -3.46. The first-order valence-corrected chi connectivity index (χ1v) is 9.38. The van der Waals surface area contributed by atoms with Gasteiger partial charge in [0, 0.05) is 27.9 Å². The van der Waals surface area contributed by atoms with Crippen LogP contribution in [0.15, 0.2) is 68.6 Å². The zero-order valence-corrected chi connectivity index (χ0v) is 17.0. The maximum Gasteiger partial charge on any atom is 0.270 e. The normalized spacial score (nSPS) is 10.8. The van der Waals surface area contributed by atoms with E-state index in [1.54, 1.807) is 18.2 Å². The summed E-state index contributed by atoms with van der Waals surface area (Å²) in [4.78, 5) is 22.4. The Morgan fingerprint density at radius 3 is 2.69 bits per heavy atom. The second-order valence-electron chi connectivity index (χ2n) is 6.11. The van der Waals surface area contributed by atoms with Crippen molar-refractivity contribution < 1.29 is 14.1 Å². The van der Waals surface area contributed by atoms with Gasteiger partial charge in [0.05, 0.1) is 17.7 Å². The molecule has 0 radical (unpaired) electrons. The summed E-state index contributed by atoms with van der Waals surface area (Å²) in [6, 6.07) is 15.4. The number of benzene rings is 2. The molecule has 0 saturated carbocycles. The number of nitrogens with one attached hydrogen (secondary N) is 2. The summed E-state index contributed by atoms with van der Waals surface area (Å²) in [6.07, 6.45) is 1.37. The van der Waals surface area contributed by atoms with Crippen LogP contribution in [0.25, 0.3) is 11.3 Å². The van der Waals surface area contributed by atoms with E-state index < -0.39 is 4.92 Å². The summed E-state index contributed by atoms with van der Waals surface area (Å²) in [7, 11) is 0. The molecule has 1 heterocycles. The van der Waals surface area contributed by atoms with Crippen LogP contribution in [0.1, 0.15) is 11.3 Å². The lowest BCUT2D eigenvalue weighted by Crippen LogP contribution is -2.25. The molecule has 0 saturated heterocycles. The Morgan fingerprint density at radius 1 is 1.21 bits per heavy atom. The van der Waals surface area contributed by atoms with Crippen LogP contribution in [0.3, 0.4) is 0 Å². The van der Waals surface area contributed by atoms with E-state index in [2.05, 4.69) is 31.8 Å². The van der Waals surface area contributed by atoms with Crippen molar-refractivity contribution in [1.82, 2.24) is 5.43 Å². The molecule has 0 aliphatic rings. The average molecular weight is 457 g/mol. The van der Waals surface area contributed by atoms with Crippen molar-refractivity contribution in [3.63, 3.8) is 0 Å². The van der Waals surface area contributed by atoms with Crippen LogP contribution < -0.4 is 10.7 Å². The number of carbonyl (C=O) groups excluding carboxylic acids is 1. The maximum atomic E-state index is 11.9. The Balaban J connectivity index is 1.58. The number of anilines is 1.